The van der Waals surface area contributed by atoms with E-state index in [1.807, 2.05) is 18.2 Å². The minimum atomic E-state index is -0.320. The molecule has 0 aliphatic rings. The number of rotatable bonds is 9. The van der Waals surface area contributed by atoms with Crippen molar-refractivity contribution < 1.29 is 14.6 Å². The van der Waals surface area contributed by atoms with E-state index >= 15 is 0 Å². The van der Waals surface area contributed by atoms with Crippen molar-refractivity contribution in [3.8, 4) is 11.5 Å². The zero-order valence-corrected chi connectivity index (χ0v) is 13.8. The summed E-state index contributed by atoms with van der Waals surface area (Å²) in [4.78, 5) is 0. The Morgan fingerprint density at radius 2 is 1.81 bits per heavy atom. The van der Waals surface area contributed by atoms with E-state index in [4.69, 9.17) is 9.47 Å². The Morgan fingerprint density at radius 3 is 2.33 bits per heavy atom. The van der Waals surface area contributed by atoms with E-state index in [9.17, 15) is 5.11 Å². The van der Waals surface area contributed by atoms with E-state index in [0.717, 1.165) is 29.9 Å². The molecule has 0 aliphatic carbocycles. The molecule has 0 aromatic heterocycles. The molecule has 1 aromatic rings. The second-order valence-electron chi connectivity index (χ2n) is 5.38. The molecule has 0 aliphatic heterocycles. The fourth-order valence-corrected chi connectivity index (χ4v) is 2.58. The lowest BCUT2D eigenvalue weighted by molar-refractivity contribution is 0.0988. The molecule has 2 atom stereocenters. The van der Waals surface area contributed by atoms with Crippen molar-refractivity contribution in [1.29, 1.82) is 0 Å². The maximum absolute atomic E-state index is 10.2. The topological polar surface area (TPSA) is 50.7 Å². The van der Waals surface area contributed by atoms with Crippen molar-refractivity contribution in [2.75, 3.05) is 20.8 Å². The van der Waals surface area contributed by atoms with Crippen LogP contribution in [-0.4, -0.2) is 32.0 Å². The predicted molar refractivity (Wildman–Crippen MR) is 86.0 cm³/mol. The molecule has 1 aromatic carbocycles. The molecule has 2 N–H and O–H groups in total. The van der Waals surface area contributed by atoms with Crippen molar-refractivity contribution in [2.24, 2.45) is 5.92 Å². The minimum Gasteiger partial charge on any atom is -0.497 e. The molecule has 0 radical (unpaired) electrons. The molecule has 120 valence electrons. The summed E-state index contributed by atoms with van der Waals surface area (Å²) < 4.78 is 10.7. The lowest BCUT2D eigenvalue weighted by atomic mass is 9.96. The van der Waals surface area contributed by atoms with Crippen LogP contribution in [0.3, 0.4) is 0 Å². The molecule has 21 heavy (non-hydrogen) atoms. The monoisotopic (exact) mass is 295 g/mol. The molecule has 0 bridgehead atoms. The zero-order valence-electron chi connectivity index (χ0n) is 13.8. The van der Waals surface area contributed by atoms with Crippen LogP contribution in [0.1, 0.15) is 45.2 Å². The number of benzene rings is 1. The van der Waals surface area contributed by atoms with Gasteiger partial charge in [0.2, 0.25) is 0 Å². The minimum absolute atomic E-state index is 0.0825. The standard InChI is InChI=1S/C17H29NO3/c1-6-13(7-2)16(19)11-18-12(3)15-10-14(20-4)8-9-17(15)21-5/h8-10,12-13,16,18-19H,6-7,11H2,1-5H3. The summed E-state index contributed by atoms with van der Waals surface area (Å²) in [5.41, 5.74) is 1.04. The first-order valence-electron chi connectivity index (χ1n) is 7.70. The molecule has 4 nitrogen and oxygen atoms in total. The predicted octanol–water partition coefficient (Wildman–Crippen LogP) is 3.15. The summed E-state index contributed by atoms with van der Waals surface area (Å²) in [6.07, 6.45) is 1.67. The van der Waals surface area contributed by atoms with Gasteiger partial charge in [-0.2, -0.15) is 0 Å². The molecule has 0 saturated heterocycles. The van der Waals surface area contributed by atoms with Gasteiger partial charge in [-0.1, -0.05) is 26.7 Å². The Hall–Kier alpha value is -1.26. The van der Waals surface area contributed by atoms with E-state index in [1.54, 1.807) is 14.2 Å². The normalized spacial score (nSPS) is 14.0. The van der Waals surface area contributed by atoms with Crippen LogP contribution in [0.15, 0.2) is 18.2 Å². The second-order valence-corrected chi connectivity index (χ2v) is 5.38. The average molecular weight is 295 g/mol. The number of aliphatic hydroxyl groups excluding tert-OH is 1. The molecule has 0 heterocycles. The molecule has 0 saturated carbocycles. The third-order valence-corrected chi connectivity index (χ3v) is 4.13. The molecular weight excluding hydrogens is 266 g/mol. The van der Waals surface area contributed by atoms with Crippen molar-refractivity contribution in [2.45, 2.75) is 45.8 Å². The molecule has 2 unspecified atom stereocenters. The fourth-order valence-electron chi connectivity index (χ4n) is 2.58. The van der Waals surface area contributed by atoms with Crippen LogP contribution in [0.4, 0.5) is 0 Å². The van der Waals surface area contributed by atoms with Crippen molar-refractivity contribution in [3.63, 3.8) is 0 Å². The van der Waals surface area contributed by atoms with E-state index < -0.39 is 0 Å². The Balaban J connectivity index is 2.72. The van der Waals surface area contributed by atoms with Gasteiger partial charge in [-0.05, 0) is 31.0 Å². The summed E-state index contributed by atoms with van der Waals surface area (Å²) in [6.45, 7) is 6.88. The number of hydrogen-bond acceptors (Lipinski definition) is 4. The van der Waals surface area contributed by atoms with Gasteiger partial charge in [0.25, 0.3) is 0 Å². The highest BCUT2D eigenvalue weighted by Gasteiger charge is 2.18. The van der Waals surface area contributed by atoms with Gasteiger partial charge in [0.05, 0.1) is 20.3 Å². The van der Waals surface area contributed by atoms with Gasteiger partial charge in [-0.25, -0.2) is 0 Å². The first-order valence-corrected chi connectivity index (χ1v) is 7.70. The third-order valence-electron chi connectivity index (χ3n) is 4.13. The highest BCUT2D eigenvalue weighted by atomic mass is 16.5. The Labute approximate surface area is 128 Å². The van der Waals surface area contributed by atoms with E-state index in [0.29, 0.717) is 12.5 Å². The third kappa shape index (κ3) is 4.90. The van der Waals surface area contributed by atoms with Crippen LogP contribution >= 0.6 is 0 Å². The van der Waals surface area contributed by atoms with Crippen LogP contribution in [0, 0.1) is 5.92 Å². The van der Waals surface area contributed by atoms with Crippen molar-refractivity contribution >= 4 is 0 Å². The summed E-state index contributed by atoms with van der Waals surface area (Å²) >= 11 is 0. The summed E-state index contributed by atoms with van der Waals surface area (Å²) in [6, 6.07) is 5.84. The van der Waals surface area contributed by atoms with Gasteiger partial charge < -0.3 is 19.9 Å². The summed E-state index contributed by atoms with van der Waals surface area (Å²) in [5, 5.41) is 13.6. The van der Waals surface area contributed by atoms with Gasteiger partial charge >= 0.3 is 0 Å². The van der Waals surface area contributed by atoms with Crippen molar-refractivity contribution in [3.05, 3.63) is 23.8 Å². The van der Waals surface area contributed by atoms with Gasteiger partial charge in [0.15, 0.2) is 0 Å². The molecule has 0 spiro atoms. The molecule has 4 heteroatoms. The number of methoxy groups -OCH3 is 2. The van der Waals surface area contributed by atoms with Gasteiger partial charge in [-0.15, -0.1) is 0 Å². The smallest absolute Gasteiger partial charge is 0.123 e. The Kier molecular flexibility index (Phi) is 7.54. The van der Waals surface area contributed by atoms with E-state index in [2.05, 4.69) is 26.1 Å². The maximum Gasteiger partial charge on any atom is 0.123 e. The first-order chi connectivity index (χ1) is 10.1. The maximum atomic E-state index is 10.2. The average Bonchev–Trinajstić information content (AvgIpc) is 2.52. The molecule has 1 rings (SSSR count). The molecule has 0 amide bonds. The summed E-state index contributed by atoms with van der Waals surface area (Å²) in [5.74, 6) is 1.98. The van der Waals surface area contributed by atoms with E-state index in [-0.39, 0.29) is 12.1 Å². The van der Waals surface area contributed by atoms with Crippen molar-refractivity contribution in [1.82, 2.24) is 5.32 Å². The number of nitrogens with one attached hydrogen (secondary N) is 1. The van der Waals surface area contributed by atoms with Crippen LogP contribution in [0.2, 0.25) is 0 Å². The lowest BCUT2D eigenvalue weighted by Gasteiger charge is -2.24. The largest absolute Gasteiger partial charge is 0.497 e. The number of hydrogen-bond donors (Lipinski definition) is 2. The van der Waals surface area contributed by atoms with Crippen LogP contribution < -0.4 is 14.8 Å². The van der Waals surface area contributed by atoms with E-state index in [1.165, 1.54) is 0 Å². The second kappa shape index (κ2) is 8.90. The van der Waals surface area contributed by atoms with Crippen LogP contribution in [-0.2, 0) is 0 Å². The van der Waals surface area contributed by atoms with Gasteiger partial charge in [0, 0.05) is 18.2 Å². The Bertz CT molecular complexity index is 418. The lowest BCUT2D eigenvalue weighted by Crippen LogP contribution is -2.34. The molecular formula is C17H29NO3. The van der Waals surface area contributed by atoms with Crippen LogP contribution in [0.25, 0.3) is 0 Å². The quantitative estimate of drug-likeness (QED) is 0.735. The number of ether oxygens (including phenoxy) is 2. The zero-order chi connectivity index (χ0) is 15.8. The molecule has 0 fully saturated rings. The highest BCUT2D eigenvalue weighted by molar-refractivity contribution is 5.42. The Morgan fingerprint density at radius 1 is 1.14 bits per heavy atom. The van der Waals surface area contributed by atoms with Crippen LogP contribution in [0.5, 0.6) is 11.5 Å². The first kappa shape index (κ1) is 17.8. The number of aliphatic hydroxyl groups is 1. The summed E-state index contributed by atoms with van der Waals surface area (Å²) in [7, 11) is 3.32. The highest BCUT2D eigenvalue weighted by Crippen LogP contribution is 2.29. The van der Waals surface area contributed by atoms with Gasteiger partial charge in [0.1, 0.15) is 11.5 Å². The van der Waals surface area contributed by atoms with Gasteiger partial charge in [-0.3, -0.25) is 0 Å². The fraction of sp³-hybridized carbons (Fsp3) is 0.647. The SMILES string of the molecule is CCC(CC)C(O)CNC(C)c1cc(OC)ccc1OC.